The van der Waals surface area contributed by atoms with Gasteiger partial charge < -0.3 is 4.42 Å². The van der Waals surface area contributed by atoms with Crippen LogP contribution < -0.4 is 0 Å². The molecule has 19 heavy (non-hydrogen) atoms. The number of hydrogen-bond acceptors (Lipinski definition) is 2. The molecule has 0 saturated heterocycles. The van der Waals surface area contributed by atoms with Crippen molar-refractivity contribution >= 4 is 34.8 Å². The monoisotopic (exact) mass is 286 g/mol. The quantitative estimate of drug-likeness (QED) is 0.525. The maximum absolute atomic E-state index is 6.36. The van der Waals surface area contributed by atoms with E-state index in [9.17, 15) is 0 Å². The molecule has 3 rings (SSSR count). The third-order valence-electron chi connectivity index (χ3n) is 3.10. The Kier molecular flexibility index (Phi) is 3.13. The number of benzene rings is 2. The third kappa shape index (κ3) is 2.07. The van der Waals surface area contributed by atoms with Crippen molar-refractivity contribution in [2.24, 2.45) is 0 Å². The molecule has 0 atom stereocenters. The summed E-state index contributed by atoms with van der Waals surface area (Å²) in [5.41, 5.74) is 2.79. The molecule has 0 unspecified atom stereocenters. The van der Waals surface area contributed by atoms with Gasteiger partial charge in [0.2, 0.25) is 0 Å². The van der Waals surface area contributed by atoms with Crippen LogP contribution in [0.3, 0.4) is 0 Å². The first kappa shape index (κ1) is 12.4. The Labute approximate surface area is 121 Å². The second kappa shape index (κ2) is 4.80. The van der Waals surface area contributed by atoms with Crippen molar-refractivity contribution < 1.29 is 4.42 Å². The van der Waals surface area contributed by atoms with E-state index in [0.717, 1.165) is 22.1 Å². The number of hydrogen-bond donors (Lipinski definition) is 0. The highest BCUT2D eigenvalue weighted by Gasteiger charge is 2.12. The average Bonchev–Trinajstić information content (AvgIpc) is 2.44. The first-order valence-electron chi connectivity index (χ1n) is 5.96. The molecule has 1 aromatic heterocycles. The fourth-order valence-corrected chi connectivity index (χ4v) is 2.61. The highest BCUT2D eigenvalue weighted by Crippen LogP contribution is 2.34. The minimum atomic E-state index is 0.499. The summed E-state index contributed by atoms with van der Waals surface area (Å²) < 4.78 is 6.64. The lowest BCUT2D eigenvalue weighted by atomic mass is 10.1. The summed E-state index contributed by atoms with van der Waals surface area (Å²) in [5.74, 6) is 0.633. The van der Waals surface area contributed by atoms with Crippen molar-refractivity contribution in [2.75, 3.05) is 0 Å². The van der Waals surface area contributed by atoms with Crippen molar-refractivity contribution in [1.29, 1.82) is 0 Å². The van der Waals surface area contributed by atoms with Gasteiger partial charge in [0.05, 0.1) is 4.51 Å². The van der Waals surface area contributed by atoms with Crippen LogP contribution in [0.4, 0.5) is 0 Å². The predicted octanol–water partition coefficient (Wildman–Crippen LogP) is 5.79. The van der Waals surface area contributed by atoms with Crippen LogP contribution in [-0.2, 0) is 0 Å². The molecular weight excluding hydrogens is 276 g/mol. The van der Waals surface area contributed by atoms with E-state index in [1.807, 2.05) is 55.5 Å². The Balaban J connectivity index is 2.42. The molecule has 0 aliphatic rings. The molecule has 1 nitrogen and oxygen atoms in total. The number of para-hydroxylation sites is 1. The number of fused-ring (bicyclic) bond motifs is 1. The molecule has 0 N–H and O–H groups in total. The van der Waals surface area contributed by atoms with E-state index in [4.69, 9.17) is 28.2 Å². The Morgan fingerprint density at radius 3 is 2.47 bits per heavy atom. The zero-order valence-electron chi connectivity index (χ0n) is 10.3. The molecule has 0 aliphatic heterocycles. The smallest absolute Gasteiger partial charge is 0.154 e. The number of halogens is 1. The van der Waals surface area contributed by atoms with Crippen LogP contribution in [0, 0.1) is 11.4 Å². The second-order valence-electron chi connectivity index (χ2n) is 4.39. The molecule has 0 aliphatic carbocycles. The zero-order chi connectivity index (χ0) is 13.4. The van der Waals surface area contributed by atoms with E-state index < -0.39 is 0 Å². The van der Waals surface area contributed by atoms with E-state index in [-0.39, 0.29) is 0 Å². The van der Waals surface area contributed by atoms with Gasteiger partial charge in [-0.3, -0.25) is 0 Å². The molecule has 3 heteroatoms. The fourth-order valence-electron chi connectivity index (χ4n) is 2.11. The molecule has 1 heterocycles. The van der Waals surface area contributed by atoms with Crippen molar-refractivity contribution in [3.63, 3.8) is 0 Å². The van der Waals surface area contributed by atoms with E-state index in [1.165, 1.54) is 0 Å². The lowest BCUT2D eigenvalue weighted by Crippen LogP contribution is -1.85. The summed E-state index contributed by atoms with van der Waals surface area (Å²) in [7, 11) is 0. The van der Waals surface area contributed by atoms with Crippen LogP contribution in [0.15, 0.2) is 52.9 Å². The summed E-state index contributed by atoms with van der Waals surface area (Å²) in [4.78, 5) is 0. The van der Waals surface area contributed by atoms with E-state index >= 15 is 0 Å². The van der Waals surface area contributed by atoms with Gasteiger partial charge in [0.25, 0.3) is 0 Å². The Morgan fingerprint density at radius 1 is 1.00 bits per heavy atom. The molecule has 0 bridgehead atoms. The molecule has 0 radical (unpaired) electrons. The number of aryl methyl sites for hydroxylation is 1. The average molecular weight is 287 g/mol. The highest BCUT2D eigenvalue weighted by atomic mass is 35.5. The highest BCUT2D eigenvalue weighted by molar-refractivity contribution is 7.71. The molecule has 0 saturated carbocycles. The first-order chi connectivity index (χ1) is 9.18. The molecule has 0 amide bonds. The summed E-state index contributed by atoms with van der Waals surface area (Å²) in [5, 5.41) is 1.39. The van der Waals surface area contributed by atoms with E-state index in [0.29, 0.717) is 15.3 Å². The summed E-state index contributed by atoms with van der Waals surface area (Å²) in [6.45, 7) is 2.00. The summed E-state index contributed by atoms with van der Waals surface area (Å²) in [6.07, 6.45) is 0. The van der Waals surface area contributed by atoms with Gasteiger partial charge in [-0.25, -0.2) is 0 Å². The van der Waals surface area contributed by atoms with Gasteiger partial charge >= 0.3 is 0 Å². The normalized spacial score (nSPS) is 10.8. The van der Waals surface area contributed by atoms with Gasteiger partial charge in [-0.1, -0.05) is 66.3 Å². The Hall–Kier alpha value is -1.64. The summed E-state index contributed by atoms with van der Waals surface area (Å²) in [6, 6.07) is 15.7. The minimum absolute atomic E-state index is 0.499. The van der Waals surface area contributed by atoms with Crippen molar-refractivity contribution in [3.05, 3.63) is 63.6 Å². The molecule has 0 spiro atoms. The van der Waals surface area contributed by atoms with Crippen LogP contribution in [-0.4, -0.2) is 0 Å². The molecule has 2 aromatic carbocycles. The van der Waals surface area contributed by atoms with Gasteiger partial charge in [0.15, 0.2) is 5.76 Å². The van der Waals surface area contributed by atoms with Gasteiger partial charge in [-0.15, -0.1) is 0 Å². The topological polar surface area (TPSA) is 13.1 Å². The largest absolute Gasteiger partial charge is 0.454 e. The van der Waals surface area contributed by atoms with Crippen LogP contribution in [0.5, 0.6) is 0 Å². The second-order valence-corrected chi connectivity index (χ2v) is 5.18. The maximum atomic E-state index is 6.36. The maximum Gasteiger partial charge on any atom is 0.154 e. The Bertz CT molecular complexity index is 806. The van der Waals surface area contributed by atoms with Gasteiger partial charge in [0.1, 0.15) is 10.6 Å². The zero-order valence-corrected chi connectivity index (χ0v) is 11.9. The van der Waals surface area contributed by atoms with Gasteiger partial charge in [0, 0.05) is 10.9 Å². The van der Waals surface area contributed by atoms with Crippen molar-refractivity contribution in [3.8, 4) is 11.3 Å². The molecule has 3 aromatic rings. The number of rotatable bonds is 1. The van der Waals surface area contributed by atoms with Gasteiger partial charge in [-0.05, 0) is 18.6 Å². The summed E-state index contributed by atoms with van der Waals surface area (Å²) >= 11 is 11.8. The van der Waals surface area contributed by atoms with Crippen LogP contribution in [0.1, 0.15) is 5.56 Å². The molecular formula is C16H11ClOS. The van der Waals surface area contributed by atoms with E-state index in [2.05, 4.69) is 0 Å². The predicted molar refractivity (Wildman–Crippen MR) is 82.2 cm³/mol. The van der Waals surface area contributed by atoms with Gasteiger partial charge in [-0.2, -0.15) is 0 Å². The fraction of sp³-hybridized carbons (Fsp3) is 0.0625. The first-order valence-corrected chi connectivity index (χ1v) is 6.74. The van der Waals surface area contributed by atoms with Crippen LogP contribution in [0.25, 0.3) is 22.3 Å². The van der Waals surface area contributed by atoms with Crippen molar-refractivity contribution in [2.45, 2.75) is 6.92 Å². The Morgan fingerprint density at radius 2 is 1.74 bits per heavy atom. The van der Waals surface area contributed by atoms with E-state index in [1.54, 1.807) is 0 Å². The van der Waals surface area contributed by atoms with Crippen molar-refractivity contribution in [1.82, 2.24) is 0 Å². The lowest BCUT2D eigenvalue weighted by Gasteiger charge is -2.08. The lowest BCUT2D eigenvalue weighted by molar-refractivity contribution is 0.617. The SMILES string of the molecule is Cc1cccc2c(=S)c(Cl)c(-c3ccccc3)oc12. The molecule has 94 valence electrons. The molecule has 0 fully saturated rings. The third-order valence-corrected chi connectivity index (χ3v) is 3.99. The standard InChI is InChI=1S/C16H11ClOS/c1-10-6-5-9-12-14(10)18-15(13(17)16(12)19)11-7-3-2-4-8-11/h2-9H,1H3. The van der Waals surface area contributed by atoms with Crippen LogP contribution in [0.2, 0.25) is 5.02 Å². The minimum Gasteiger partial charge on any atom is -0.454 e. The van der Waals surface area contributed by atoms with Crippen LogP contribution >= 0.6 is 23.8 Å².